The molecule has 2 rings (SSSR count). The molecular formula is C15H15N3O3. The third-order valence-corrected chi connectivity index (χ3v) is 3.08. The molecule has 0 aliphatic heterocycles. The van der Waals surface area contributed by atoms with Crippen LogP contribution in [0.2, 0.25) is 0 Å². The average Bonchev–Trinajstić information content (AvgIpc) is 2.46. The van der Waals surface area contributed by atoms with Gasteiger partial charge >= 0.3 is 0 Å². The fraction of sp³-hybridized carbons (Fsp3) is 0.133. The second-order valence-corrected chi connectivity index (χ2v) is 4.67. The smallest absolute Gasteiger partial charge is 0.274 e. The lowest BCUT2D eigenvalue weighted by Crippen LogP contribution is -2.26. The SMILES string of the molecule is CN(Cc1ccccc1[N+](=O)[O-])C(=O)c1cccc(N)c1. The lowest BCUT2D eigenvalue weighted by Gasteiger charge is -2.17. The monoisotopic (exact) mass is 285 g/mol. The van der Waals surface area contributed by atoms with Gasteiger partial charge in [0.1, 0.15) is 0 Å². The molecule has 6 heteroatoms. The fourth-order valence-corrected chi connectivity index (χ4v) is 2.04. The summed E-state index contributed by atoms with van der Waals surface area (Å²) in [5, 5.41) is 11.0. The molecule has 0 saturated heterocycles. The molecule has 1 amide bonds. The maximum absolute atomic E-state index is 12.3. The van der Waals surface area contributed by atoms with Crippen molar-refractivity contribution in [1.82, 2.24) is 4.90 Å². The molecule has 6 nitrogen and oxygen atoms in total. The minimum atomic E-state index is -0.450. The number of anilines is 1. The van der Waals surface area contributed by atoms with Gasteiger partial charge in [-0.15, -0.1) is 0 Å². The number of nitro benzene ring substituents is 1. The van der Waals surface area contributed by atoms with Gasteiger partial charge < -0.3 is 10.6 Å². The third-order valence-electron chi connectivity index (χ3n) is 3.08. The van der Waals surface area contributed by atoms with Crippen LogP contribution >= 0.6 is 0 Å². The van der Waals surface area contributed by atoms with Crippen LogP contribution < -0.4 is 5.73 Å². The van der Waals surface area contributed by atoms with Crippen molar-refractivity contribution >= 4 is 17.3 Å². The van der Waals surface area contributed by atoms with Gasteiger partial charge in [0.25, 0.3) is 11.6 Å². The summed E-state index contributed by atoms with van der Waals surface area (Å²) in [4.78, 5) is 24.2. The van der Waals surface area contributed by atoms with E-state index in [1.165, 1.54) is 11.0 Å². The van der Waals surface area contributed by atoms with Crippen molar-refractivity contribution in [2.24, 2.45) is 0 Å². The lowest BCUT2D eigenvalue weighted by molar-refractivity contribution is -0.385. The molecule has 108 valence electrons. The number of benzene rings is 2. The maximum Gasteiger partial charge on any atom is 0.274 e. The standard InChI is InChI=1S/C15H15N3O3/c1-17(15(19)11-6-4-7-13(16)9-11)10-12-5-2-3-8-14(12)18(20)21/h2-9H,10,16H2,1H3. The number of nitrogens with zero attached hydrogens (tertiary/aromatic N) is 2. The summed E-state index contributed by atoms with van der Waals surface area (Å²) in [5.74, 6) is -0.236. The van der Waals surface area contributed by atoms with Gasteiger partial charge in [-0.05, 0) is 18.2 Å². The van der Waals surface area contributed by atoms with Crippen LogP contribution in [0.25, 0.3) is 0 Å². The van der Waals surface area contributed by atoms with Gasteiger partial charge in [-0.2, -0.15) is 0 Å². The molecule has 0 atom stereocenters. The highest BCUT2D eigenvalue weighted by molar-refractivity contribution is 5.94. The molecule has 0 aliphatic carbocycles. The van der Waals surface area contributed by atoms with Crippen LogP contribution in [-0.4, -0.2) is 22.8 Å². The van der Waals surface area contributed by atoms with Crippen LogP contribution in [0.15, 0.2) is 48.5 Å². The van der Waals surface area contributed by atoms with Crippen LogP contribution in [0.1, 0.15) is 15.9 Å². The molecule has 0 fully saturated rings. The van der Waals surface area contributed by atoms with Crippen LogP contribution in [0, 0.1) is 10.1 Å². The number of carbonyl (C=O) groups is 1. The molecule has 0 spiro atoms. The topological polar surface area (TPSA) is 89.5 Å². The van der Waals surface area contributed by atoms with Crippen molar-refractivity contribution in [3.05, 3.63) is 69.8 Å². The van der Waals surface area contributed by atoms with Crippen molar-refractivity contribution in [3.8, 4) is 0 Å². The Hall–Kier alpha value is -2.89. The van der Waals surface area contributed by atoms with E-state index >= 15 is 0 Å². The first-order valence-corrected chi connectivity index (χ1v) is 6.32. The number of nitro groups is 1. The molecule has 0 aromatic heterocycles. The summed E-state index contributed by atoms with van der Waals surface area (Å²) in [7, 11) is 1.60. The Morgan fingerprint density at radius 1 is 1.24 bits per heavy atom. The summed E-state index contributed by atoms with van der Waals surface area (Å²) in [6, 6.07) is 13.0. The van der Waals surface area contributed by atoms with E-state index < -0.39 is 4.92 Å². The zero-order chi connectivity index (χ0) is 15.4. The molecular weight excluding hydrogens is 270 g/mol. The average molecular weight is 285 g/mol. The Bertz CT molecular complexity index is 685. The van der Waals surface area contributed by atoms with Crippen molar-refractivity contribution in [2.45, 2.75) is 6.54 Å². The van der Waals surface area contributed by atoms with E-state index in [1.54, 1.807) is 49.5 Å². The normalized spacial score (nSPS) is 10.1. The first-order chi connectivity index (χ1) is 9.99. The lowest BCUT2D eigenvalue weighted by atomic mass is 10.1. The molecule has 21 heavy (non-hydrogen) atoms. The number of nitrogens with two attached hydrogens (primary N) is 1. The Balaban J connectivity index is 2.20. The third kappa shape index (κ3) is 3.36. The number of para-hydroxylation sites is 1. The first kappa shape index (κ1) is 14.5. The fourth-order valence-electron chi connectivity index (χ4n) is 2.04. The summed E-state index contributed by atoms with van der Waals surface area (Å²) in [6.07, 6.45) is 0. The van der Waals surface area contributed by atoms with Crippen LogP contribution in [0.3, 0.4) is 0 Å². The van der Waals surface area contributed by atoms with Crippen molar-refractivity contribution in [2.75, 3.05) is 12.8 Å². The first-order valence-electron chi connectivity index (χ1n) is 6.32. The predicted octanol–water partition coefficient (Wildman–Crippen LogP) is 2.45. The van der Waals surface area contributed by atoms with Crippen LogP contribution in [-0.2, 0) is 6.54 Å². The van der Waals surface area contributed by atoms with E-state index in [0.717, 1.165) is 0 Å². The minimum Gasteiger partial charge on any atom is -0.399 e. The van der Waals surface area contributed by atoms with Crippen LogP contribution in [0.4, 0.5) is 11.4 Å². The van der Waals surface area contributed by atoms with Gasteiger partial charge in [0.2, 0.25) is 0 Å². The van der Waals surface area contributed by atoms with Crippen LogP contribution in [0.5, 0.6) is 0 Å². The summed E-state index contributed by atoms with van der Waals surface area (Å²) in [5.41, 5.74) is 7.10. The zero-order valence-corrected chi connectivity index (χ0v) is 11.5. The number of amides is 1. The predicted molar refractivity (Wildman–Crippen MR) is 79.7 cm³/mol. The van der Waals surface area contributed by atoms with E-state index in [0.29, 0.717) is 16.8 Å². The summed E-state index contributed by atoms with van der Waals surface area (Å²) in [6.45, 7) is 0.158. The number of rotatable bonds is 4. The Labute approximate surface area is 121 Å². The number of carbonyl (C=O) groups excluding carboxylic acids is 1. The number of hydrogen-bond acceptors (Lipinski definition) is 4. The minimum absolute atomic E-state index is 0.00438. The van der Waals surface area contributed by atoms with Gasteiger partial charge in [-0.25, -0.2) is 0 Å². The molecule has 0 heterocycles. The van der Waals surface area contributed by atoms with Crippen molar-refractivity contribution < 1.29 is 9.72 Å². The molecule has 0 unspecified atom stereocenters. The largest absolute Gasteiger partial charge is 0.399 e. The van der Waals surface area contributed by atoms with E-state index in [9.17, 15) is 14.9 Å². The Morgan fingerprint density at radius 3 is 2.62 bits per heavy atom. The molecule has 0 radical (unpaired) electrons. The molecule has 0 bridgehead atoms. The van der Waals surface area contributed by atoms with Crippen molar-refractivity contribution in [3.63, 3.8) is 0 Å². The number of nitrogen functional groups attached to an aromatic ring is 1. The highest BCUT2D eigenvalue weighted by Gasteiger charge is 2.17. The van der Waals surface area contributed by atoms with E-state index in [-0.39, 0.29) is 18.1 Å². The second-order valence-electron chi connectivity index (χ2n) is 4.67. The summed E-state index contributed by atoms with van der Waals surface area (Å²) < 4.78 is 0. The Kier molecular flexibility index (Phi) is 4.18. The quantitative estimate of drug-likeness (QED) is 0.531. The second kappa shape index (κ2) is 6.04. The maximum atomic E-state index is 12.3. The van der Waals surface area contributed by atoms with Gasteiger partial charge in [-0.1, -0.05) is 24.3 Å². The zero-order valence-electron chi connectivity index (χ0n) is 11.5. The van der Waals surface area contributed by atoms with Gasteiger partial charge in [0.15, 0.2) is 0 Å². The molecule has 0 saturated carbocycles. The molecule has 2 aromatic carbocycles. The van der Waals surface area contributed by atoms with E-state index in [4.69, 9.17) is 5.73 Å². The summed E-state index contributed by atoms with van der Waals surface area (Å²) >= 11 is 0. The van der Waals surface area contributed by atoms with Crippen molar-refractivity contribution in [1.29, 1.82) is 0 Å². The number of hydrogen-bond donors (Lipinski definition) is 1. The van der Waals surface area contributed by atoms with Gasteiger partial charge in [0, 0.05) is 29.9 Å². The highest BCUT2D eigenvalue weighted by atomic mass is 16.6. The molecule has 0 aliphatic rings. The highest BCUT2D eigenvalue weighted by Crippen LogP contribution is 2.20. The van der Waals surface area contributed by atoms with E-state index in [2.05, 4.69) is 0 Å². The van der Waals surface area contributed by atoms with Gasteiger partial charge in [0.05, 0.1) is 11.5 Å². The van der Waals surface area contributed by atoms with Gasteiger partial charge in [-0.3, -0.25) is 14.9 Å². The molecule has 2 N–H and O–H groups in total. The Morgan fingerprint density at radius 2 is 1.95 bits per heavy atom. The van der Waals surface area contributed by atoms with E-state index in [1.807, 2.05) is 0 Å². The molecule has 2 aromatic rings.